The molecule has 0 heterocycles. The highest BCUT2D eigenvalue weighted by atomic mass is 35.5. The maximum absolute atomic E-state index is 12.3. The fourth-order valence-electron chi connectivity index (χ4n) is 2.66. The van der Waals surface area contributed by atoms with Crippen LogP contribution in [-0.2, 0) is 16.0 Å². The molecule has 0 atom stereocenters. The number of nitrogens with one attached hydrogen (secondary N) is 1. The Bertz CT molecular complexity index is 792. The number of carbonyl (C=O) groups excluding carboxylic acids is 2. The Morgan fingerprint density at radius 3 is 2.62 bits per heavy atom. The summed E-state index contributed by atoms with van der Waals surface area (Å²) in [5, 5.41) is 3.45. The molecule has 26 heavy (non-hydrogen) atoms. The molecule has 0 unspecified atom stereocenters. The molecule has 0 bridgehead atoms. The molecule has 0 saturated heterocycles. The van der Waals surface area contributed by atoms with E-state index in [0.717, 1.165) is 16.9 Å². The van der Waals surface area contributed by atoms with E-state index in [2.05, 4.69) is 5.32 Å². The summed E-state index contributed by atoms with van der Waals surface area (Å²) in [6.07, 6.45) is 0.684. The van der Waals surface area contributed by atoms with Crippen LogP contribution >= 0.6 is 11.6 Å². The zero-order valence-electron chi connectivity index (χ0n) is 15.2. The lowest BCUT2D eigenvalue weighted by atomic mass is 10.1. The van der Waals surface area contributed by atoms with Crippen molar-refractivity contribution in [3.05, 3.63) is 58.6 Å². The van der Waals surface area contributed by atoms with Gasteiger partial charge >= 0.3 is 0 Å². The van der Waals surface area contributed by atoms with Crippen molar-refractivity contribution in [1.29, 1.82) is 0 Å². The predicted octanol–water partition coefficient (Wildman–Crippen LogP) is 3.37. The Morgan fingerprint density at radius 1 is 1.19 bits per heavy atom. The molecule has 2 amide bonds. The number of methoxy groups -OCH3 is 1. The lowest BCUT2D eigenvalue weighted by molar-refractivity contribution is -0.123. The zero-order chi connectivity index (χ0) is 19.1. The average molecular weight is 375 g/mol. The summed E-state index contributed by atoms with van der Waals surface area (Å²) in [5.74, 6) is 0.380. The quantitative estimate of drug-likeness (QED) is 0.808. The molecule has 6 heteroatoms. The first-order valence-corrected chi connectivity index (χ1v) is 8.72. The molecule has 1 N–H and O–H groups in total. The SMILES string of the molecule is COc1cccc(CCNC(=O)CN(C(C)=O)c2ccc(Cl)cc2C)c1. The minimum atomic E-state index is -0.211. The molecule has 0 fully saturated rings. The lowest BCUT2D eigenvalue weighted by Crippen LogP contribution is -2.40. The highest BCUT2D eigenvalue weighted by Gasteiger charge is 2.17. The van der Waals surface area contributed by atoms with E-state index < -0.39 is 0 Å². The van der Waals surface area contributed by atoms with Crippen molar-refractivity contribution >= 4 is 29.1 Å². The molecule has 0 spiro atoms. The number of halogens is 1. The minimum absolute atomic E-state index is 0.0318. The summed E-state index contributed by atoms with van der Waals surface area (Å²) in [7, 11) is 1.62. The van der Waals surface area contributed by atoms with Gasteiger partial charge < -0.3 is 15.0 Å². The van der Waals surface area contributed by atoms with Gasteiger partial charge in [0.2, 0.25) is 11.8 Å². The first kappa shape index (κ1) is 19.8. The van der Waals surface area contributed by atoms with Crippen molar-refractivity contribution in [3.8, 4) is 5.75 Å². The summed E-state index contributed by atoms with van der Waals surface area (Å²) in [6.45, 7) is 3.75. The van der Waals surface area contributed by atoms with E-state index >= 15 is 0 Å². The maximum Gasteiger partial charge on any atom is 0.240 e. The third kappa shape index (κ3) is 5.49. The van der Waals surface area contributed by atoms with Crippen LogP contribution in [0.25, 0.3) is 0 Å². The van der Waals surface area contributed by atoms with Crippen molar-refractivity contribution in [2.24, 2.45) is 0 Å². The predicted molar refractivity (Wildman–Crippen MR) is 104 cm³/mol. The highest BCUT2D eigenvalue weighted by Crippen LogP contribution is 2.23. The Balaban J connectivity index is 1.94. The minimum Gasteiger partial charge on any atom is -0.497 e. The van der Waals surface area contributed by atoms with Gasteiger partial charge in [-0.25, -0.2) is 0 Å². The highest BCUT2D eigenvalue weighted by molar-refractivity contribution is 6.30. The molecule has 0 aromatic heterocycles. The molecular weight excluding hydrogens is 352 g/mol. The molecule has 138 valence electrons. The zero-order valence-corrected chi connectivity index (χ0v) is 16.0. The number of amides is 2. The molecule has 0 radical (unpaired) electrons. The first-order chi connectivity index (χ1) is 12.4. The molecule has 0 saturated carbocycles. The van der Waals surface area contributed by atoms with Crippen LogP contribution in [0.3, 0.4) is 0 Å². The van der Waals surface area contributed by atoms with E-state index in [1.54, 1.807) is 25.3 Å². The van der Waals surface area contributed by atoms with Gasteiger partial charge in [-0.1, -0.05) is 23.7 Å². The van der Waals surface area contributed by atoms with Crippen LogP contribution in [0.5, 0.6) is 5.75 Å². The van der Waals surface area contributed by atoms with Crippen LogP contribution in [0.1, 0.15) is 18.1 Å². The Kier molecular flexibility index (Phi) is 7.04. The van der Waals surface area contributed by atoms with Crippen molar-refractivity contribution in [3.63, 3.8) is 0 Å². The third-order valence-electron chi connectivity index (χ3n) is 4.00. The lowest BCUT2D eigenvalue weighted by Gasteiger charge is -2.22. The smallest absolute Gasteiger partial charge is 0.240 e. The van der Waals surface area contributed by atoms with Gasteiger partial charge in [0.15, 0.2) is 0 Å². The van der Waals surface area contributed by atoms with Crippen molar-refractivity contribution in [1.82, 2.24) is 5.32 Å². The topological polar surface area (TPSA) is 58.6 Å². The monoisotopic (exact) mass is 374 g/mol. The number of aryl methyl sites for hydroxylation is 1. The van der Waals surface area contributed by atoms with Crippen LogP contribution in [0.2, 0.25) is 5.02 Å². The number of hydrogen-bond acceptors (Lipinski definition) is 3. The Labute approximate surface area is 158 Å². The molecule has 2 aromatic carbocycles. The number of benzene rings is 2. The van der Waals surface area contributed by atoms with Gasteiger partial charge in [0.1, 0.15) is 12.3 Å². The molecule has 0 aliphatic rings. The van der Waals surface area contributed by atoms with E-state index in [1.807, 2.05) is 31.2 Å². The number of rotatable bonds is 7. The largest absolute Gasteiger partial charge is 0.497 e. The van der Waals surface area contributed by atoms with Gasteiger partial charge in [0.05, 0.1) is 7.11 Å². The van der Waals surface area contributed by atoms with Gasteiger partial charge in [-0.2, -0.15) is 0 Å². The number of nitrogens with zero attached hydrogens (tertiary/aromatic N) is 1. The Morgan fingerprint density at radius 2 is 1.96 bits per heavy atom. The second-order valence-corrected chi connectivity index (χ2v) is 6.42. The van der Waals surface area contributed by atoms with Gasteiger partial charge in [-0.15, -0.1) is 0 Å². The molecule has 2 aromatic rings. The second-order valence-electron chi connectivity index (χ2n) is 5.99. The summed E-state index contributed by atoms with van der Waals surface area (Å²) in [5.41, 5.74) is 2.60. The van der Waals surface area contributed by atoms with Crippen LogP contribution in [-0.4, -0.2) is 32.0 Å². The van der Waals surface area contributed by atoms with Gasteiger partial charge in [-0.05, 0) is 54.8 Å². The van der Waals surface area contributed by atoms with Crippen LogP contribution in [0.15, 0.2) is 42.5 Å². The van der Waals surface area contributed by atoms with Gasteiger partial charge in [0.25, 0.3) is 0 Å². The van der Waals surface area contributed by atoms with Crippen molar-refractivity contribution < 1.29 is 14.3 Å². The van der Waals surface area contributed by atoms with Crippen molar-refractivity contribution in [2.75, 3.05) is 25.1 Å². The summed E-state index contributed by atoms with van der Waals surface area (Å²) in [4.78, 5) is 25.7. The van der Waals surface area contributed by atoms with Crippen LogP contribution < -0.4 is 15.0 Å². The van der Waals surface area contributed by atoms with Crippen molar-refractivity contribution in [2.45, 2.75) is 20.3 Å². The molecular formula is C20H23ClN2O3. The fraction of sp³-hybridized carbons (Fsp3) is 0.300. The fourth-order valence-corrected chi connectivity index (χ4v) is 2.89. The second kappa shape index (κ2) is 9.25. The van der Waals surface area contributed by atoms with Crippen LogP contribution in [0, 0.1) is 6.92 Å². The summed E-state index contributed by atoms with van der Waals surface area (Å²) >= 11 is 5.96. The van der Waals surface area contributed by atoms with E-state index in [0.29, 0.717) is 23.7 Å². The first-order valence-electron chi connectivity index (χ1n) is 8.34. The number of ether oxygens (including phenoxy) is 1. The molecule has 0 aliphatic carbocycles. The van der Waals surface area contributed by atoms with Gasteiger partial charge in [-0.3, -0.25) is 9.59 Å². The maximum atomic E-state index is 12.3. The molecule has 0 aliphatic heterocycles. The molecule has 2 rings (SSSR count). The third-order valence-corrected chi connectivity index (χ3v) is 4.24. The Hall–Kier alpha value is -2.53. The average Bonchev–Trinajstić information content (AvgIpc) is 2.60. The van der Waals surface area contributed by atoms with Crippen LogP contribution in [0.4, 0.5) is 5.69 Å². The number of carbonyl (C=O) groups is 2. The van der Waals surface area contributed by atoms with E-state index in [9.17, 15) is 9.59 Å². The summed E-state index contributed by atoms with van der Waals surface area (Å²) in [6, 6.07) is 12.9. The standard InChI is InChI=1S/C20H23ClN2O3/c1-14-11-17(21)7-8-19(14)23(15(2)24)13-20(25)22-10-9-16-5-4-6-18(12-16)26-3/h4-8,11-12H,9-10,13H2,1-3H3,(H,22,25). The summed E-state index contributed by atoms with van der Waals surface area (Å²) < 4.78 is 5.19. The number of hydrogen-bond donors (Lipinski definition) is 1. The van der Waals surface area contributed by atoms with E-state index in [1.165, 1.54) is 11.8 Å². The van der Waals surface area contributed by atoms with E-state index in [4.69, 9.17) is 16.3 Å². The molecule has 5 nitrogen and oxygen atoms in total. The van der Waals surface area contributed by atoms with E-state index in [-0.39, 0.29) is 18.4 Å². The normalized spacial score (nSPS) is 10.3. The number of anilines is 1. The van der Waals surface area contributed by atoms with Gasteiger partial charge in [0, 0.05) is 24.2 Å².